The smallest absolute Gasteiger partial charge is 0.0925 e. The minimum Gasteiger partial charge on any atom is -0.348 e. The number of aromatic amines is 1. The van der Waals surface area contributed by atoms with Crippen LogP contribution in [0.25, 0.3) is 0 Å². The van der Waals surface area contributed by atoms with Crippen LogP contribution < -0.4 is 0 Å². The Hall–Kier alpha value is -1.61. The van der Waals surface area contributed by atoms with Gasteiger partial charge >= 0.3 is 0 Å². The lowest BCUT2D eigenvalue weighted by Crippen LogP contribution is -2.27. The number of imidazole rings is 1. The molecule has 19 heavy (non-hydrogen) atoms. The summed E-state index contributed by atoms with van der Waals surface area (Å²) in [5, 5.41) is 0. The van der Waals surface area contributed by atoms with Crippen LogP contribution in [0.2, 0.25) is 0 Å². The van der Waals surface area contributed by atoms with Crippen LogP contribution in [0.4, 0.5) is 0 Å². The number of nitrogens with one attached hydrogen (secondary N) is 1. The molecule has 1 aliphatic rings. The van der Waals surface area contributed by atoms with Crippen LogP contribution in [0.5, 0.6) is 0 Å². The third kappa shape index (κ3) is 2.43. The van der Waals surface area contributed by atoms with E-state index in [1.165, 1.54) is 36.1 Å². The molecule has 0 amide bonds. The van der Waals surface area contributed by atoms with Crippen molar-refractivity contribution in [2.24, 2.45) is 0 Å². The van der Waals surface area contributed by atoms with Crippen LogP contribution in [-0.2, 0) is 13.0 Å². The van der Waals surface area contributed by atoms with E-state index in [1.54, 1.807) is 6.33 Å². The highest BCUT2D eigenvalue weighted by molar-refractivity contribution is 5.32. The molecule has 1 atom stereocenters. The van der Waals surface area contributed by atoms with E-state index in [4.69, 9.17) is 0 Å². The molecule has 1 aromatic carbocycles. The van der Waals surface area contributed by atoms with E-state index in [2.05, 4.69) is 53.1 Å². The Morgan fingerprint density at radius 3 is 3.00 bits per heavy atom. The first kappa shape index (κ1) is 12.4. The maximum atomic E-state index is 4.41. The van der Waals surface area contributed by atoms with E-state index in [0.717, 1.165) is 12.2 Å². The molecule has 0 aliphatic heterocycles. The number of aryl methyl sites for hydroxylation is 2. The van der Waals surface area contributed by atoms with E-state index in [1.807, 2.05) is 0 Å². The number of H-pyrrole nitrogens is 1. The van der Waals surface area contributed by atoms with Gasteiger partial charge in [0.25, 0.3) is 0 Å². The number of hydrogen-bond acceptors (Lipinski definition) is 2. The van der Waals surface area contributed by atoms with Crippen LogP contribution in [0.15, 0.2) is 30.6 Å². The largest absolute Gasteiger partial charge is 0.348 e. The van der Waals surface area contributed by atoms with E-state index in [0.29, 0.717) is 6.04 Å². The number of hydrogen-bond donors (Lipinski definition) is 1. The summed E-state index contributed by atoms with van der Waals surface area (Å²) in [4.78, 5) is 10.00. The van der Waals surface area contributed by atoms with Gasteiger partial charge < -0.3 is 4.98 Å². The van der Waals surface area contributed by atoms with Crippen LogP contribution in [-0.4, -0.2) is 21.9 Å². The van der Waals surface area contributed by atoms with Gasteiger partial charge in [0.2, 0.25) is 0 Å². The van der Waals surface area contributed by atoms with E-state index < -0.39 is 0 Å². The van der Waals surface area contributed by atoms with Gasteiger partial charge in [-0.05, 0) is 44.4 Å². The second kappa shape index (κ2) is 5.17. The van der Waals surface area contributed by atoms with Crippen LogP contribution in [0, 0.1) is 6.92 Å². The molecule has 3 rings (SSSR count). The van der Waals surface area contributed by atoms with E-state index >= 15 is 0 Å². The summed E-state index contributed by atoms with van der Waals surface area (Å²) < 4.78 is 0. The zero-order valence-corrected chi connectivity index (χ0v) is 11.7. The molecule has 2 aromatic rings. The molecule has 1 unspecified atom stereocenters. The molecule has 0 fully saturated rings. The first-order valence-electron chi connectivity index (χ1n) is 7.02. The van der Waals surface area contributed by atoms with Crippen LogP contribution in [0.3, 0.4) is 0 Å². The normalized spacial score (nSPS) is 18.6. The second-order valence-corrected chi connectivity index (χ2v) is 5.50. The lowest BCUT2D eigenvalue weighted by atomic mass is 9.87. The number of nitrogens with zero attached hydrogens (tertiary/aromatic N) is 2. The summed E-state index contributed by atoms with van der Waals surface area (Å²) in [6, 6.07) is 9.40. The van der Waals surface area contributed by atoms with Crippen molar-refractivity contribution in [3.63, 3.8) is 0 Å². The highest BCUT2D eigenvalue weighted by atomic mass is 15.1. The topological polar surface area (TPSA) is 31.9 Å². The molecule has 0 bridgehead atoms. The van der Waals surface area contributed by atoms with Crippen molar-refractivity contribution in [2.75, 3.05) is 7.05 Å². The minimum atomic E-state index is 0.529. The van der Waals surface area contributed by atoms with Gasteiger partial charge in [0.15, 0.2) is 0 Å². The zero-order chi connectivity index (χ0) is 13.2. The number of aromatic nitrogens is 2. The Balaban J connectivity index is 1.81. The molecule has 0 saturated heterocycles. The van der Waals surface area contributed by atoms with E-state index in [9.17, 15) is 0 Å². The van der Waals surface area contributed by atoms with Crippen molar-refractivity contribution < 1.29 is 0 Å². The molecule has 1 aromatic heterocycles. The first-order chi connectivity index (χ1) is 9.25. The maximum absolute atomic E-state index is 4.41. The lowest BCUT2D eigenvalue weighted by Gasteiger charge is -2.33. The van der Waals surface area contributed by atoms with Gasteiger partial charge in [-0.25, -0.2) is 4.98 Å². The second-order valence-electron chi connectivity index (χ2n) is 5.50. The fraction of sp³-hybridized carbons (Fsp3) is 0.438. The van der Waals surface area contributed by atoms with Gasteiger partial charge in [0.05, 0.1) is 12.0 Å². The molecule has 3 heteroatoms. The predicted molar refractivity (Wildman–Crippen MR) is 76.9 cm³/mol. The van der Waals surface area contributed by atoms with Crippen molar-refractivity contribution in [1.29, 1.82) is 0 Å². The molecular weight excluding hydrogens is 234 g/mol. The molecule has 0 spiro atoms. The fourth-order valence-corrected chi connectivity index (χ4v) is 3.08. The summed E-state index contributed by atoms with van der Waals surface area (Å²) in [7, 11) is 2.21. The van der Waals surface area contributed by atoms with Gasteiger partial charge in [-0.3, -0.25) is 4.90 Å². The number of rotatable bonds is 3. The predicted octanol–water partition coefficient (Wildman–Crippen LogP) is 3.23. The average Bonchev–Trinajstić information content (AvgIpc) is 2.83. The minimum absolute atomic E-state index is 0.529. The standard InChI is InChI=1S/C16H21N3/c1-12-15(18-11-17-12)10-19(2)16-9-5-7-13-6-3-4-8-14(13)16/h3-4,6,8,11,16H,5,7,9-10H2,1-2H3,(H,17,18). The summed E-state index contributed by atoms with van der Waals surface area (Å²) in [6.45, 7) is 3.00. The first-order valence-corrected chi connectivity index (χ1v) is 7.02. The molecule has 3 nitrogen and oxygen atoms in total. The maximum Gasteiger partial charge on any atom is 0.0925 e. The highest BCUT2D eigenvalue weighted by Crippen LogP contribution is 2.34. The molecule has 0 radical (unpaired) electrons. The van der Waals surface area contributed by atoms with Crippen molar-refractivity contribution in [3.05, 3.63) is 53.1 Å². The monoisotopic (exact) mass is 255 g/mol. The van der Waals surface area contributed by atoms with Gasteiger partial charge in [-0.2, -0.15) is 0 Å². The quantitative estimate of drug-likeness (QED) is 0.913. The summed E-state index contributed by atoms with van der Waals surface area (Å²) in [5.74, 6) is 0. The Bertz CT molecular complexity index is 559. The SMILES string of the molecule is Cc1[nH]cnc1CN(C)C1CCCc2ccccc21. The summed E-state index contributed by atoms with van der Waals surface area (Å²) >= 11 is 0. The Morgan fingerprint density at radius 2 is 2.21 bits per heavy atom. The van der Waals surface area contributed by atoms with E-state index in [-0.39, 0.29) is 0 Å². The Labute approximate surface area is 114 Å². The molecule has 1 N–H and O–H groups in total. The molecular formula is C16H21N3. The van der Waals surface area contributed by atoms with Crippen molar-refractivity contribution in [2.45, 2.75) is 38.8 Å². The molecule has 1 heterocycles. The van der Waals surface area contributed by atoms with Gasteiger partial charge in [0, 0.05) is 18.3 Å². The highest BCUT2D eigenvalue weighted by Gasteiger charge is 2.23. The lowest BCUT2D eigenvalue weighted by molar-refractivity contribution is 0.211. The summed E-state index contributed by atoms with van der Waals surface area (Å²) in [6.07, 6.45) is 5.54. The Kier molecular flexibility index (Phi) is 3.38. The van der Waals surface area contributed by atoms with Crippen molar-refractivity contribution >= 4 is 0 Å². The van der Waals surface area contributed by atoms with Crippen LogP contribution in [0.1, 0.15) is 41.4 Å². The van der Waals surface area contributed by atoms with Gasteiger partial charge in [0.1, 0.15) is 0 Å². The van der Waals surface area contributed by atoms with Gasteiger partial charge in [-0.1, -0.05) is 24.3 Å². The summed E-state index contributed by atoms with van der Waals surface area (Å²) in [5.41, 5.74) is 5.36. The molecule has 1 aliphatic carbocycles. The molecule has 100 valence electrons. The third-order valence-electron chi connectivity index (χ3n) is 4.20. The van der Waals surface area contributed by atoms with Crippen molar-refractivity contribution in [3.8, 4) is 0 Å². The molecule has 0 saturated carbocycles. The van der Waals surface area contributed by atoms with Crippen LogP contribution >= 0.6 is 0 Å². The number of benzene rings is 1. The fourth-order valence-electron chi connectivity index (χ4n) is 3.08. The van der Waals surface area contributed by atoms with Crippen molar-refractivity contribution in [1.82, 2.24) is 14.9 Å². The zero-order valence-electron chi connectivity index (χ0n) is 11.7. The Morgan fingerprint density at radius 1 is 1.37 bits per heavy atom. The third-order valence-corrected chi connectivity index (χ3v) is 4.20. The average molecular weight is 255 g/mol. The van der Waals surface area contributed by atoms with Gasteiger partial charge in [-0.15, -0.1) is 0 Å². The number of fused-ring (bicyclic) bond motifs is 1.